The highest BCUT2D eigenvalue weighted by molar-refractivity contribution is 5.74. The molecule has 28 heavy (non-hydrogen) atoms. The fourth-order valence-electron chi connectivity index (χ4n) is 2.04. The standard InChI is InChI=1S/C19H19F4NO4/c1-3-4-9-26-18(25)12(2)27-14-5-7-15(8-6-14)28-17-16(20)10-13(11-24-17)19(21,22)23/h5-8,10-12H,3-4,9H2,1-2H3. The zero-order valence-electron chi connectivity index (χ0n) is 15.3. The lowest BCUT2D eigenvalue weighted by Crippen LogP contribution is -2.26. The van der Waals surface area contributed by atoms with Crippen LogP contribution in [-0.2, 0) is 15.7 Å². The van der Waals surface area contributed by atoms with Gasteiger partial charge in [-0.3, -0.25) is 0 Å². The summed E-state index contributed by atoms with van der Waals surface area (Å²) in [5.74, 6) is -1.84. The summed E-state index contributed by atoms with van der Waals surface area (Å²) >= 11 is 0. The number of hydrogen-bond donors (Lipinski definition) is 0. The second-order valence-electron chi connectivity index (χ2n) is 5.86. The first kappa shape index (κ1) is 21.5. The molecular weight excluding hydrogens is 382 g/mol. The molecule has 0 N–H and O–H groups in total. The molecule has 9 heteroatoms. The van der Waals surface area contributed by atoms with E-state index in [0.29, 0.717) is 24.6 Å². The molecule has 1 aromatic heterocycles. The van der Waals surface area contributed by atoms with Crippen LogP contribution in [0.25, 0.3) is 0 Å². The van der Waals surface area contributed by atoms with E-state index in [9.17, 15) is 22.4 Å². The van der Waals surface area contributed by atoms with Gasteiger partial charge in [0.05, 0.1) is 12.2 Å². The van der Waals surface area contributed by atoms with Crippen LogP contribution in [0.5, 0.6) is 17.4 Å². The third-order valence-corrected chi connectivity index (χ3v) is 3.56. The topological polar surface area (TPSA) is 57.7 Å². The van der Waals surface area contributed by atoms with E-state index in [1.807, 2.05) is 6.92 Å². The molecule has 152 valence electrons. The van der Waals surface area contributed by atoms with E-state index in [0.717, 1.165) is 12.8 Å². The lowest BCUT2D eigenvalue weighted by molar-refractivity contribution is -0.151. The minimum Gasteiger partial charge on any atom is -0.479 e. The second-order valence-corrected chi connectivity index (χ2v) is 5.86. The molecule has 0 spiro atoms. The van der Waals surface area contributed by atoms with Crippen LogP contribution in [0.3, 0.4) is 0 Å². The number of pyridine rings is 1. The largest absolute Gasteiger partial charge is 0.479 e. The van der Waals surface area contributed by atoms with Gasteiger partial charge in [0.15, 0.2) is 11.9 Å². The van der Waals surface area contributed by atoms with Crippen molar-refractivity contribution >= 4 is 5.97 Å². The van der Waals surface area contributed by atoms with Crippen molar-refractivity contribution in [1.82, 2.24) is 4.98 Å². The minimum absolute atomic E-state index is 0.136. The third-order valence-electron chi connectivity index (χ3n) is 3.56. The number of halogens is 4. The first-order valence-corrected chi connectivity index (χ1v) is 8.54. The second kappa shape index (κ2) is 9.38. The summed E-state index contributed by atoms with van der Waals surface area (Å²) in [6.45, 7) is 3.84. The molecule has 1 aromatic carbocycles. The number of alkyl halides is 3. The Morgan fingerprint density at radius 1 is 1.18 bits per heavy atom. The zero-order chi connectivity index (χ0) is 20.7. The monoisotopic (exact) mass is 401 g/mol. The Hall–Kier alpha value is -2.84. The van der Waals surface area contributed by atoms with Gasteiger partial charge in [-0.1, -0.05) is 13.3 Å². The quantitative estimate of drug-likeness (QED) is 0.348. The van der Waals surface area contributed by atoms with Crippen molar-refractivity contribution in [3.05, 3.63) is 47.9 Å². The summed E-state index contributed by atoms with van der Waals surface area (Å²) in [6.07, 6.45) is -3.36. The highest BCUT2D eigenvalue weighted by Crippen LogP contribution is 2.32. The molecule has 0 aliphatic rings. The average Bonchev–Trinajstić information content (AvgIpc) is 2.64. The maximum atomic E-state index is 13.8. The number of nitrogens with zero attached hydrogens (tertiary/aromatic N) is 1. The molecule has 1 unspecified atom stereocenters. The van der Waals surface area contributed by atoms with E-state index in [1.54, 1.807) is 6.92 Å². The van der Waals surface area contributed by atoms with E-state index < -0.39 is 35.5 Å². The summed E-state index contributed by atoms with van der Waals surface area (Å²) in [5, 5.41) is 0. The van der Waals surface area contributed by atoms with Crippen LogP contribution in [-0.4, -0.2) is 23.7 Å². The number of ether oxygens (including phenoxy) is 3. The van der Waals surface area contributed by atoms with Crippen LogP contribution in [0.2, 0.25) is 0 Å². The van der Waals surface area contributed by atoms with E-state index in [4.69, 9.17) is 14.2 Å². The predicted molar refractivity (Wildman–Crippen MR) is 91.7 cm³/mol. The van der Waals surface area contributed by atoms with Crippen molar-refractivity contribution in [3.8, 4) is 17.4 Å². The zero-order valence-corrected chi connectivity index (χ0v) is 15.3. The lowest BCUT2D eigenvalue weighted by Gasteiger charge is -2.14. The van der Waals surface area contributed by atoms with Crippen molar-refractivity contribution in [2.75, 3.05) is 6.61 Å². The molecular formula is C19H19F4NO4. The Morgan fingerprint density at radius 2 is 1.82 bits per heavy atom. The fourth-order valence-corrected chi connectivity index (χ4v) is 2.04. The normalized spacial score (nSPS) is 12.4. The highest BCUT2D eigenvalue weighted by Gasteiger charge is 2.32. The number of carbonyl (C=O) groups excluding carboxylic acids is 1. The Morgan fingerprint density at radius 3 is 2.39 bits per heavy atom. The molecule has 0 aliphatic carbocycles. The van der Waals surface area contributed by atoms with Crippen molar-refractivity contribution in [1.29, 1.82) is 0 Å². The number of unbranched alkanes of at least 4 members (excludes halogenated alkanes) is 1. The van der Waals surface area contributed by atoms with Gasteiger partial charge in [-0.05, 0) is 43.7 Å². The molecule has 0 fully saturated rings. The first-order chi connectivity index (χ1) is 13.2. The number of rotatable bonds is 8. The van der Waals surface area contributed by atoms with Crippen LogP contribution in [0.1, 0.15) is 32.3 Å². The number of carbonyl (C=O) groups is 1. The first-order valence-electron chi connectivity index (χ1n) is 8.54. The molecule has 0 saturated carbocycles. The van der Waals surface area contributed by atoms with Gasteiger partial charge in [0.1, 0.15) is 11.5 Å². The number of benzene rings is 1. The van der Waals surface area contributed by atoms with Gasteiger partial charge < -0.3 is 14.2 Å². The Kier molecular flexibility index (Phi) is 7.19. The van der Waals surface area contributed by atoms with Crippen molar-refractivity contribution < 1.29 is 36.6 Å². The summed E-state index contributed by atoms with van der Waals surface area (Å²) in [4.78, 5) is 15.1. The SMILES string of the molecule is CCCCOC(=O)C(C)Oc1ccc(Oc2ncc(C(F)(F)F)cc2F)cc1. The maximum Gasteiger partial charge on any atom is 0.417 e. The molecule has 1 atom stereocenters. The van der Waals surface area contributed by atoms with Crippen LogP contribution >= 0.6 is 0 Å². The predicted octanol–water partition coefficient (Wildman–Crippen LogP) is 5.14. The molecule has 1 heterocycles. The van der Waals surface area contributed by atoms with Crippen molar-refractivity contribution in [3.63, 3.8) is 0 Å². The summed E-state index contributed by atoms with van der Waals surface area (Å²) in [6, 6.07) is 6.05. The Balaban J connectivity index is 1.96. The molecule has 0 aliphatic heterocycles. The highest BCUT2D eigenvalue weighted by atomic mass is 19.4. The van der Waals surface area contributed by atoms with E-state index in [2.05, 4.69) is 4.98 Å². The third kappa shape index (κ3) is 6.11. The number of hydrogen-bond acceptors (Lipinski definition) is 5. The molecule has 2 rings (SSSR count). The smallest absolute Gasteiger partial charge is 0.417 e. The minimum atomic E-state index is -4.69. The maximum absolute atomic E-state index is 13.8. The number of aromatic nitrogens is 1. The molecule has 2 aromatic rings. The van der Waals surface area contributed by atoms with Crippen molar-refractivity contribution in [2.45, 2.75) is 39.0 Å². The van der Waals surface area contributed by atoms with Crippen LogP contribution < -0.4 is 9.47 Å². The van der Waals surface area contributed by atoms with Gasteiger partial charge in [-0.15, -0.1) is 0 Å². The van der Waals surface area contributed by atoms with E-state index in [1.165, 1.54) is 24.3 Å². The molecule has 0 amide bonds. The van der Waals surface area contributed by atoms with Gasteiger partial charge in [0.2, 0.25) is 0 Å². The molecule has 0 bridgehead atoms. The molecule has 5 nitrogen and oxygen atoms in total. The average molecular weight is 401 g/mol. The van der Waals surface area contributed by atoms with Gasteiger partial charge in [0.25, 0.3) is 5.88 Å². The van der Waals surface area contributed by atoms with Crippen molar-refractivity contribution in [2.24, 2.45) is 0 Å². The van der Waals surface area contributed by atoms with E-state index >= 15 is 0 Å². The summed E-state index contributed by atoms with van der Waals surface area (Å²) in [5.41, 5.74) is -1.21. The summed E-state index contributed by atoms with van der Waals surface area (Å²) in [7, 11) is 0. The van der Waals surface area contributed by atoms with Gasteiger partial charge in [-0.2, -0.15) is 13.2 Å². The van der Waals surface area contributed by atoms with Gasteiger partial charge >= 0.3 is 12.1 Å². The molecule has 0 radical (unpaired) electrons. The van der Waals surface area contributed by atoms with Crippen LogP contribution in [0.15, 0.2) is 36.5 Å². The molecule has 0 saturated heterocycles. The Bertz CT molecular complexity index is 794. The number of esters is 1. The Labute approximate surface area is 159 Å². The van der Waals surface area contributed by atoms with Gasteiger partial charge in [-0.25, -0.2) is 14.2 Å². The van der Waals surface area contributed by atoms with Crippen LogP contribution in [0.4, 0.5) is 17.6 Å². The fraction of sp³-hybridized carbons (Fsp3) is 0.368. The van der Waals surface area contributed by atoms with Crippen LogP contribution in [0, 0.1) is 5.82 Å². The van der Waals surface area contributed by atoms with E-state index in [-0.39, 0.29) is 5.75 Å². The lowest BCUT2D eigenvalue weighted by atomic mass is 10.2. The van der Waals surface area contributed by atoms with Gasteiger partial charge in [0, 0.05) is 6.20 Å². The summed E-state index contributed by atoms with van der Waals surface area (Å²) < 4.78 is 67.0.